The summed E-state index contributed by atoms with van der Waals surface area (Å²) in [6.45, 7) is 2.00. The van der Waals surface area contributed by atoms with Crippen molar-refractivity contribution in [3.63, 3.8) is 0 Å². The number of hydrogen-bond donors (Lipinski definition) is 2. The molecule has 214 valence electrons. The molecular formula is C32H48N4O3. The molecule has 2 aliphatic carbocycles. The van der Waals surface area contributed by atoms with Crippen LogP contribution in [0.1, 0.15) is 96.3 Å². The smallest absolute Gasteiger partial charge is 0.323 e. The zero-order chi connectivity index (χ0) is 27.1. The van der Waals surface area contributed by atoms with E-state index < -0.39 is 5.54 Å². The highest BCUT2D eigenvalue weighted by Gasteiger charge is 2.49. The van der Waals surface area contributed by atoms with E-state index in [9.17, 15) is 15.0 Å². The predicted octanol–water partition coefficient (Wildman–Crippen LogP) is 6.38. The second-order valence-corrected chi connectivity index (χ2v) is 12.6. The van der Waals surface area contributed by atoms with Crippen LogP contribution in [0.2, 0.25) is 0 Å². The number of amidine groups is 1. The molecular weight excluding hydrogens is 488 g/mol. The minimum absolute atomic E-state index is 0.0122. The van der Waals surface area contributed by atoms with Crippen molar-refractivity contribution >= 4 is 17.8 Å². The van der Waals surface area contributed by atoms with Crippen molar-refractivity contribution in [2.24, 2.45) is 17.8 Å². The van der Waals surface area contributed by atoms with E-state index in [4.69, 9.17) is 4.74 Å². The Bertz CT molecular complexity index is 965. The molecule has 4 fully saturated rings. The summed E-state index contributed by atoms with van der Waals surface area (Å²) in [6, 6.07) is 9.37. The van der Waals surface area contributed by atoms with E-state index in [2.05, 4.69) is 5.32 Å². The standard InChI is InChI=1S/C32H48N4O3/c33-30-32(22-26-12-6-2-7-13-26,19-16-25-10-4-1-5-11-25)34-31(38)36(30)23-27-17-20-35(21-18-27)29(37)24-39-28-14-8-3-9-15-28/h3,8-9,14-15,25-27,33H,1-2,4-7,10-13,16-24H2,(H,34,38). The summed E-state index contributed by atoms with van der Waals surface area (Å²) >= 11 is 0. The largest absolute Gasteiger partial charge is 0.484 e. The molecule has 3 amide bonds. The summed E-state index contributed by atoms with van der Waals surface area (Å²) in [5.41, 5.74) is -0.498. The fourth-order valence-corrected chi connectivity index (χ4v) is 7.48. The maximum absolute atomic E-state index is 13.4. The predicted molar refractivity (Wildman–Crippen MR) is 154 cm³/mol. The summed E-state index contributed by atoms with van der Waals surface area (Å²) in [6.07, 6.45) is 17.6. The van der Waals surface area contributed by atoms with Crippen molar-refractivity contribution in [3.05, 3.63) is 30.3 Å². The number of amides is 3. The molecule has 2 saturated carbocycles. The fraction of sp³-hybridized carbons (Fsp3) is 0.719. The van der Waals surface area contributed by atoms with Crippen LogP contribution in [0.25, 0.3) is 0 Å². The van der Waals surface area contributed by atoms with Gasteiger partial charge in [0.15, 0.2) is 6.61 Å². The molecule has 0 bridgehead atoms. The molecule has 7 heteroatoms. The highest BCUT2D eigenvalue weighted by atomic mass is 16.5. The molecule has 2 heterocycles. The monoisotopic (exact) mass is 536 g/mol. The lowest BCUT2D eigenvalue weighted by atomic mass is 9.75. The first-order valence-electron chi connectivity index (χ1n) is 15.7. The van der Waals surface area contributed by atoms with Gasteiger partial charge >= 0.3 is 6.03 Å². The lowest BCUT2D eigenvalue weighted by molar-refractivity contribution is -0.134. The van der Waals surface area contributed by atoms with Crippen LogP contribution >= 0.6 is 0 Å². The van der Waals surface area contributed by atoms with Gasteiger partial charge in [-0.05, 0) is 62.0 Å². The topological polar surface area (TPSA) is 85.7 Å². The molecule has 1 aromatic carbocycles. The number of nitrogens with zero attached hydrogens (tertiary/aromatic N) is 2. The summed E-state index contributed by atoms with van der Waals surface area (Å²) in [5, 5.41) is 12.7. The fourth-order valence-electron chi connectivity index (χ4n) is 7.48. The number of carbonyl (C=O) groups is 2. The SMILES string of the molecule is N=C1N(CC2CCN(C(=O)COc3ccccc3)CC2)C(=O)NC1(CCC1CCCCC1)CC1CCCCC1. The highest BCUT2D eigenvalue weighted by Crippen LogP contribution is 2.39. The maximum Gasteiger partial charge on any atom is 0.323 e. The van der Waals surface area contributed by atoms with Gasteiger partial charge in [-0.25, -0.2) is 4.79 Å². The first-order valence-corrected chi connectivity index (χ1v) is 15.7. The lowest BCUT2D eigenvalue weighted by Crippen LogP contribution is -2.49. The Kier molecular flexibility index (Phi) is 9.46. The molecule has 0 aromatic heterocycles. The van der Waals surface area contributed by atoms with Gasteiger partial charge in [-0.15, -0.1) is 0 Å². The van der Waals surface area contributed by atoms with Crippen LogP contribution < -0.4 is 10.1 Å². The normalized spacial score (nSPS) is 25.6. The number of para-hydroxylation sites is 1. The number of urea groups is 1. The molecule has 7 nitrogen and oxygen atoms in total. The third-order valence-electron chi connectivity index (χ3n) is 9.89. The Morgan fingerprint density at radius 3 is 2.21 bits per heavy atom. The van der Waals surface area contributed by atoms with Crippen molar-refractivity contribution in [3.8, 4) is 5.75 Å². The number of rotatable bonds is 10. The molecule has 39 heavy (non-hydrogen) atoms. The van der Waals surface area contributed by atoms with Gasteiger partial charge in [-0.2, -0.15) is 0 Å². The molecule has 5 rings (SSSR count). The van der Waals surface area contributed by atoms with Gasteiger partial charge in [0.1, 0.15) is 11.6 Å². The third-order valence-corrected chi connectivity index (χ3v) is 9.89. The Balaban J connectivity index is 1.15. The van der Waals surface area contributed by atoms with Crippen LogP contribution in [0, 0.1) is 23.2 Å². The van der Waals surface area contributed by atoms with E-state index >= 15 is 0 Å². The molecule has 0 spiro atoms. The van der Waals surface area contributed by atoms with E-state index in [-0.39, 0.29) is 18.5 Å². The highest BCUT2D eigenvalue weighted by molar-refractivity contribution is 6.08. The van der Waals surface area contributed by atoms with Crippen LogP contribution in [0.5, 0.6) is 5.75 Å². The minimum Gasteiger partial charge on any atom is -0.484 e. The number of ether oxygens (including phenoxy) is 1. The quantitative estimate of drug-likeness (QED) is 0.364. The number of piperidine rings is 1. The van der Waals surface area contributed by atoms with Gasteiger partial charge in [-0.1, -0.05) is 82.4 Å². The van der Waals surface area contributed by atoms with Gasteiger partial charge in [0.2, 0.25) is 0 Å². The average molecular weight is 537 g/mol. The Morgan fingerprint density at radius 1 is 0.897 bits per heavy atom. The van der Waals surface area contributed by atoms with Crippen molar-refractivity contribution in [2.75, 3.05) is 26.2 Å². The van der Waals surface area contributed by atoms with Gasteiger partial charge in [0.05, 0.1) is 5.54 Å². The van der Waals surface area contributed by atoms with Gasteiger partial charge < -0.3 is 15.0 Å². The summed E-state index contributed by atoms with van der Waals surface area (Å²) < 4.78 is 5.65. The Hall–Kier alpha value is -2.57. The average Bonchev–Trinajstić information content (AvgIpc) is 3.21. The van der Waals surface area contributed by atoms with Crippen molar-refractivity contribution in [1.29, 1.82) is 5.41 Å². The van der Waals surface area contributed by atoms with Gasteiger partial charge in [0, 0.05) is 19.6 Å². The summed E-state index contributed by atoms with van der Waals surface area (Å²) in [4.78, 5) is 29.7. The van der Waals surface area contributed by atoms with Crippen LogP contribution in [-0.4, -0.2) is 59.4 Å². The summed E-state index contributed by atoms with van der Waals surface area (Å²) in [7, 11) is 0. The van der Waals surface area contributed by atoms with Crippen LogP contribution in [0.3, 0.4) is 0 Å². The molecule has 2 saturated heterocycles. The second kappa shape index (κ2) is 13.2. The first kappa shape index (κ1) is 28.0. The van der Waals surface area contributed by atoms with Gasteiger partial charge in [0.25, 0.3) is 5.91 Å². The van der Waals surface area contributed by atoms with E-state index in [1.54, 1.807) is 4.90 Å². The van der Waals surface area contributed by atoms with E-state index in [0.717, 1.165) is 38.0 Å². The maximum atomic E-state index is 13.4. The van der Waals surface area contributed by atoms with Crippen molar-refractivity contribution in [2.45, 2.75) is 102 Å². The first-order chi connectivity index (χ1) is 19.0. The number of likely N-dealkylation sites (tertiary alicyclic amines) is 1. The molecule has 1 unspecified atom stereocenters. The van der Waals surface area contributed by atoms with E-state index in [0.29, 0.717) is 43.1 Å². The zero-order valence-electron chi connectivity index (χ0n) is 23.7. The van der Waals surface area contributed by atoms with Crippen molar-refractivity contribution < 1.29 is 14.3 Å². The van der Waals surface area contributed by atoms with Crippen LogP contribution in [-0.2, 0) is 4.79 Å². The second-order valence-electron chi connectivity index (χ2n) is 12.6. The Morgan fingerprint density at radius 2 is 1.54 bits per heavy atom. The molecule has 1 aromatic rings. The number of nitrogens with one attached hydrogen (secondary N) is 2. The Labute approximate surface area is 234 Å². The molecule has 2 N–H and O–H groups in total. The van der Waals surface area contributed by atoms with Gasteiger partial charge in [-0.3, -0.25) is 15.1 Å². The number of carbonyl (C=O) groups excluding carboxylic acids is 2. The zero-order valence-corrected chi connectivity index (χ0v) is 23.7. The molecule has 0 radical (unpaired) electrons. The van der Waals surface area contributed by atoms with Crippen LogP contribution in [0.4, 0.5) is 4.79 Å². The number of hydrogen-bond acceptors (Lipinski definition) is 4. The molecule has 4 aliphatic rings. The van der Waals surface area contributed by atoms with E-state index in [1.807, 2.05) is 35.2 Å². The third kappa shape index (κ3) is 7.15. The lowest BCUT2D eigenvalue weighted by Gasteiger charge is -2.37. The van der Waals surface area contributed by atoms with Crippen molar-refractivity contribution in [1.82, 2.24) is 15.1 Å². The summed E-state index contributed by atoms with van der Waals surface area (Å²) in [5.74, 6) is 2.90. The molecule has 1 atom stereocenters. The van der Waals surface area contributed by atoms with Crippen LogP contribution in [0.15, 0.2) is 30.3 Å². The molecule has 2 aliphatic heterocycles. The minimum atomic E-state index is -0.498. The number of benzene rings is 1. The van der Waals surface area contributed by atoms with E-state index in [1.165, 1.54) is 64.2 Å².